The second kappa shape index (κ2) is 5.73. The monoisotopic (exact) mass is 278 g/mol. The number of nitrogens with zero attached hydrogens (tertiary/aromatic N) is 1. The third-order valence-corrected chi connectivity index (χ3v) is 3.26. The van der Waals surface area contributed by atoms with Crippen LogP contribution in [0.1, 0.15) is 15.9 Å². The number of amides is 1. The Morgan fingerprint density at radius 3 is 2.81 bits per heavy atom. The summed E-state index contributed by atoms with van der Waals surface area (Å²) in [4.78, 5) is 16.7. The van der Waals surface area contributed by atoms with E-state index in [1.54, 1.807) is 36.5 Å². The zero-order valence-corrected chi connectivity index (χ0v) is 11.3. The number of anilines is 1. The summed E-state index contributed by atoms with van der Waals surface area (Å²) in [5.74, 6) is -0.191. The van der Waals surface area contributed by atoms with Crippen molar-refractivity contribution in [2.24, 2.45) is 0 Å². The lowest BCUT2D eigenvalue weighted by molar-refractivity contribution is 0.102. The van der Waals surface area contributed by atoms with Gasteiger partial charge >= 0.3 is 0 Å². The highest BCUT2D eigenvalue weighted by molar-refractivity contribution is 6.12. The summed E-state index contributed by atoms with van der Waals surface area (Å²) in [5.41, 5.74) is 2.78. The third-order valence-electron chi connectivity index (χ3n) is 3.26. The number of hydrogen-bond donors (Lipinski definition) is 2. The molecule has 4 heteroatoms. The third kappa shape index (κ3) is 2.75. The number of rotatable bonds is 3. The van der Waals surface area contributed by atoms with Crippen LogP contribution in [0.15, 0.2) is 60.8 Å². The summed E-state index contributed by atoms with van der Waals surface area (Å²) >= 11 is 0. The molecule has 0 aliphatic rings. The molecule has 1 aromatic heterocycles. The van der Waals surface area contributed by atoms with E-state index >= 15 is 0 Å². The van der Waals surface area contributed by atoms with Gasteiger partial charge in [-0.05, 0) is 29.8 Å². The molecule has 0 saturated heterocycles. The molecule has 0 aliphatic carbocycles. The van der Waals surface area contributed by atoms with E-state index in [1.165, 1.54) is 0 Å². The van der Waals surface area contributed by atoms with Gasteiger partial charge in [0, 0.05) is 17.3 Å². The van der Waals surface area contributed by atoms with Crippen molar-refractivity contribution in [2.45, 2.75) is 6.61 Å². The summed E-state index contributed by atoms with van der Waals surface area (Å²) in [5, 5.41) is 12.8. The van der Waals surface area contributed by atoms with Crippen LogP contribution >= 0.6 is 0 Å². The Kier molecular flexibility index (Phi) is 3.62. The molecule has 2 N–H and O–H groups in total. The number of carbonyl (C=O) groups is 1. The highest BCUT2D eigenvalue weighted by atomic mass is 16.3. The molecule has 0 radical (unpaired) electrons. The van der Waals surface area contributed by atoms with E-state index in [4.69, 9.17) is 5.11 Å². The van der Waals surface area contributed by atoms with E-state index < -0.39 is 0 Å². The number of hydrogen-bond acceptors (Lipinski definition) is 3. The summed E-state index contributed by atoms with van der Waals surface area (Å²) in [7, 11) is 0. The minimum absolute atomic E-state index is 0.0537. The SMILES string of the molecule is O=C(Nc1cccc(CO)c1)c1ccnc2ccccc12. The summed E-state index contributed by atoms with van der Waals surface area (Å²) in [6.45, 7) is -0.0537. The van der Waals surface area contributed by atoms with Crippen LogP contribution in [0.5, 0.6) is 0 Å². The molecule has 1 amide bonds. The van der Waals surface area contributed by atoms with Crippen LogP contribution in [-0.2, 0) is 6.61 Å². The van der Waals surface area contributed by atoms with E-state index in [0.29, 0.717) is 11.3 Å². The highest BCUT2D eigenvalue weighted by Gasteiger charge is 2.10. The molecule has 0 aliphatic heterocycles. The fraction of sp³-hybridized carbons (Fsp3) is 0.0588. The van der Waals surface area contributed by atoms with Crippen LogP contribution in [0, 0.1) is 0 Å². The molecule has 0 atom stereocenters. The van der Waals surface area contributed by atoms with Crippen LogP contribution < -0.4 is 5.32 Å². The molecule has 0 fully saturated rings. The van der Waals surface area contributed by atoms with Gasteiger partial charge in [0.25, 0.3) is 5.91 Å². The van der Waals surface area contributed by atoms with Crippen molar-refractivity contribution in [3.8, 4) is 0 Å². The fourth-order valence-electron chi connectivity index (χ4n) is 2.24. The van der Waals surface area contributed by atoms with Gasteiger partial charge in [-0.15, -0.1) is 0 Å². The van der Waals surface area contributed by atoms with Crippen molar-refractivity contribution in [3.05, 3.63) is 71.9 Å². The van der Waals surface area contributed by atoms with Crippen molar-refractivity contribution < 1.29 is 9.90 Å². The van der Waals surface area contributed by atoms with Gasteiger partial charge in [0.05, 0.1) is 17.7 Å². The standard InChI is InChI=1S/C17H14N2O2/c20-11-12-4-3-5-13(10-12)19-17(21)15-8-9-18-16-7-2-1-6-14(15)16/h1-10,20H,11H2,(H,19,21). The fourth-order valence-corrected chi connectivity index (χ4v) is 2.24. The second-order valence-corrected chi connectivity index (χ2v) is 4.69. The Bertz CT molecular complexity index is 794. The van der Waals surface area contributed by atoms with Gasteiger partial charge < -0.3 is 10.4 Å². The first kappa shape index (κ1) is 13.3. The first-order chi connectivity index (χ1) is 10.3. The number of aromatic nitrogens is 1. The maximum Gasteiger partial charge on any atom is 0.256 e. The average Bonchev–Trinajstić information content (AvgIpc) is 2.54. The summed E-state index contributed by atoms with van der Waals surface area (Å²) in [6, 6.07) is 16.4. The Morgan fingerprint density at radius 2 is 1.95 bits per heavy atom. The minimum Gasteiger partial charge on any atom is -0.392 e. The minimum atomic E-state index is -0.191. The van der Waals surface area contributed by atoms with E-state index in [9.17, 15) is 4.79 Å². The Morgan fingerprint density at radius 1 is 1.10 bits per heavy atom. The first-order valence-corrected chi connectivity index (χ1v) is 6.63. The van der Waals surface area contributed by atoms with Crippen molar-refractivity contribution in [2.75, 3.05) is 5.32 Å². The number of nitrogens with one attached hydrogen (secondary N) is 1. The number of fused-ring (bicyclic) bond motifs is 1. The van der Waals surface area contributed by atoms with Gasteiger partial charge in [-0.2, -0.15) is 0 Å². The molecule has 1 heterocycles. The maximum absolute atomic E-state index is 12.4. The molecule has 104 valence electrons. The molecule has 3 aromatic rings. The molecular weight excluding hydrogens is 264 g/mol. The van der Waals surface area contributed by atoms with Gasteiger partial charge in [-0.1, -0.05) is 30.3 Å². The van der Waals surface area contributed by atoms with E-state index in [1.807, 2.05) is 24.3 Å². The van der Waals surface area contributed by atoms with Crippen LogP contribution in [-0.4, -0.2) is 16.0 Å². The molecule has 0 bridgehead atoms. The Balaban J connectivity index is 1.93. The quantitative estimate of drug-likeness (QED) is 0.774. The maximum atomic E-state index is 12.4. The highest BCUT2D eigenvalue weighted by Crippen LogP contribution is 2.18. The van der Waals surface area contributed by atoms with Gasteiger partial charge in [-0.3, -0.25) is 9.78 Å². The summed E-state index contributed by atoms with van der Waals surface area (Å²) < 4.78 is 0. The Labute approximate surface area is 122 Å². The van der Waals surface area contributed by atoms with Crippen LogP contribution in [0.4, 0.5) is 5.69 Å². The van der Waals surface area contributed by atoms with Crippen molar-refractivity contribution in [1.29, 1.82) is 0 Å². The number of aliphatic hydroxyl groups is 1. The molecule has 4 nitrogen and oxygen atoms in total. The van der Waals surface area contributed by atoms with E-state index in [-0.39, 0.29) is 12.5 Å². The van der Waals surface area contributed by atoms with Crippen LogP contribution in [0.3, 0.4) is 0 Å². The van der Waals surface area contributed by atoms with Crippen LogP contribution in [0.25, 0.3) is 10.9 Å². The van der Waals surface area contributed by atoms with Gasteiger partial charge in [0.1, 0.15) is 0 Å². The lowest BCUT2D eigenvalue weighted by Crippen LogP contribution is -2.12. The summed E-state index contributed by atoms with van der Waals surface area (Å²) in [6.07, 6.45) is 1.63. The largest absolute Gasteiger partial charge is 0.392 e. The zero-order chi connectivity index (χ0) is 14.7. The van der Waals surface area contributed by atoms with Crippen molar-refractivity contribution >= 4 is 22.5 Å². The number of pyridine rings is 1. The van der Waals surface area contributed by atoms with Gasteiger partial charge in [-0.25, -0.2) is 0 Å². The molecule has 0 saturated carbocycles. The Hall–Kier alpha value is -2.72. The molecule has 2 aromatic carbocycles. The molecule has 3 rings (SSSR count). The molecular formula is C17H14N2O2. The average molecular weight is 278 g/mol. The topological polar surface area (TPSA) is 62.2 Å². The van der Waals surface area contributed by atoms with E-state index in [2.05, 4.69) is 10.3 Å². The smallest absolute Gasteiger partial charge is 0.256 e. The van der Waals surface area contributed by atoms with Crippen molar-refractivity contribution in [3.63, 3.8) is 0 Å². The predicted octanol–water partition coefficient (Wildman–Crippen LogP) is 2.98. The number of carbonyl (C=O) groups excluding carboxylic acids is 1. The molecule has 21 heavy (non-hydrogen) atoms. The van der Waals surface area contributed by atoms with Crippen LogP contribution in [0.2, 0.25) is 0 Å². The predicted molar refractivity (Wildman–Crippen MR) is 82.1 cm³/mol. The number of aliphatic hydroxyl groups excluding tert-OH is 1. The number of benzene rings is 2. The van der Waals surface area contributed by atoms with E-state index in [0.717, 1.165) is 16.5 Å². The second-order valence-electron chi connectivity index (χ2n) is 4.69. The molecule has 0 unspecified atom stereocenters. The van der Waals surface area contributed by atoms with Gasteiger partial charge in [0.15, 0.2) is 0 Å². The molecule has 0 spiro atoms. The van der Waals surface area contributed by atoms with Crippen molar-refractivity contribution in [1.82, 2.24) is 4.98 Å². The zero-order valence-electron chi connectivity index (χ0n) is 11.3. The van der Waals surface area contributed by atoms with Gasteiger partial charge in [0.2, 0.25) is 0 Å². The lowest BCUT2D eigenvalue weighted by atomic mass is 10.1. The first-order valence-electron chi connectivity index (χ1n) is 6.63. The number of para-hydroxylation sites is 1. The normalized spacial score (nSPS) is 10.5. The lowest BCUT2D eigenvalue weighted by Gasteiger charge is -2.08.